The zero-order chi connectivity index (χ0) is 16.7. The molecule has 2 atom stereocenters. The summed E-state index contributed by atoms with van der Waals surface area (Å²) in [6.07, 6.45) is 4.34. The number of nitrogens with two attached hydrogens (primary N) is 1. The summed E-state index contributed by atoms with van der Waals surface area (Å²) in [5.41, 5.74) is 6.56. The van der Waals surface area contributed by atoms with Crippen molar-refractivity contribution in [1.29, 1.82) is 0 Å². The number of halogens is 1. The van der Waals surface area contributed by atoms with Crippen LogP contribution >= 0.6 is 0 Å². The number of hydrogen-bond donors (Lipinski definition) is 1. The van der Waals surface area contributed by atoms with Crippen molar-refractivity contribution < 1.29 is 13.9 Å². The van der Waals surface area contributed by atoms with E-state index in [2.05, 4.69) is 6.92 Å². The lowest BCUT2D eigenvalue weighted by molar-refractivity contribution is -0.143. The molecule has 1 aliphatic rings. The molecule has 1 fully saturated rings. The van der Waals surface area contributed by atoms with Gasteiger partial charge < -0.3 is 15.4 Å². The molecule has 0 unspecified atom stereocenters. The standard InChI is InChI=1S/C18H27FN2O2/c1-2-3-4-11-21(13-14-5-7-15(19)8-6-14)18(22)17-10-9-16(12-20)23-17/h5-8,16-17H,2-4,9-13,20H2,1H3/t16-,17+/m1/s1. The first-order chi connectivity index (χ1) is 11.1. The van der Waals surface area contributed by atoms with E-state index in [1.165, 1.54) is 12.1 Å². The first kappa shape index (κ1) is 17.9. The maximum Gasteiger partial charge on any atom is 0.252 e. The second-order valence-electron chi connectivity index (χ2n) is 6.15. The van der Waals surface area contributed by atoms with Gasteiger partial charge in [0.15, 0.2) is 0 Å². The van der Waals surface area contributed by atoms with Crippen molar-refractivity contribution in [1.82, 2.24) is 4.90 Å². The Morgan fingerprint density at radius 2 is 2.04 bits per heavy atom. The SMILES string of the molecule is CCCCCN(Cc1ccc(F)cc1)C(=O)[C@@H]1CC[C@H](CN)O1. The van der Waals surface area contributed by atoms with Gasteiger partial charge in [-0.25, -0.2) is 4.39 Å². The van der Waals surface area contributed by atoms with Gasteiger partial charge in [0.05, 0.1) is 6.10 Å². The lowest BCUT2D eigenvalue weighted by Crippen LogP contribution is -2.39. The molecule has 1 amide bonds. The second-order valence-corrected chi connectivity index (χ2v) is 6.15. The van der Waals surface area contributed by atoms with E-state index >= 15 is 0 Å². The van der Waals surface area contributed by atoms with Crippen LogP contribution in [0.2, 0.25) is 0 Å². The Hall–Kier alpha value is -1.46. The van der Waals surface area contributed by atoms with Gasteiger partial charge in [-0.15, -0.1) is 0 Å². The molecule has 0 radical (unpaired) electrons. The molecule has 0 bridgehead atoms. The van der Waals surface area contributed by atoms with E-state index in [1.54, 1.807) is 12.1 Å². The average molecular weight is 322 g/mol. The summed E-state index contributed by atoms with van der Waals surface area (Å²) in [4.78, 5) is 14.6. The summed E-state index contributed by atoms with van der Waals surface area (Å²) in [5, 5.41) is 0. The van der Waals surface area contributed by atoms with E-state index in [-0.39, 0.29) is 23.9 Å². The highest BCUT2D eigenvalue weighted by Crippen LogP contribution is 2.22. The van der Waals surface area contributed by atoms with Gasteiger partial charge in [0.1, 0.15) is 11.9 Å². The highest BCUT2D eigenvalue weighted by atomic mass is 19.1. The molecule has 0 aliphatic carbocycles. The van der Waals surface area contributed by atoms with Gasteiger partial charge in [-0.1, -0.05) is 31.9 Å². The van der Waals surface area contributed by atoms with E-state index in [4.69, 9.17) is 10.5 Å². The zero-order valence-corrected chi connectivity index (χ0v) is 13.8. The van der Waals surface area contributed by atoms with Gasteiger partial charge in [0, 0.05) is 19.6 Å². The number of carbonyl (C=O) groups excluding carboxylic acids is 1. The topological polar surface area (TPSA) is 55.6 Å². The summed E-state index contributed by atoms with van der Waals surface area (Å²) in [7, 11) is 0. The van der Waals surface area contributed by atoms with E-state index in [0.29, 0.717) is 19.6 Å². The predicted octanol–water partition coefficient (Wildman–Crippen LogP) is 2.85. The first-order valence-electron chi connectivity index (χ1n) is 8.52. The summed E-state index contributed by atoms with van der Waals surface area (Å²) in [5.74, 6) is -0.232. The van der Waals surface area contributed by atoms with Crippen LogP contribution in [0.5, 0.6) is 0 Å². The highest BCUT2D eigenvalue weighted by Gasteiger charge is 2.32. The highest BCUT2D eigenvalue weighted by molar-refractivity contribution is 5.81. The van der Waals surface area contributed by atoms with E-state index in [1.807, 2.05) is 4.90 Å². The van der Waals surface area contributed by atoms with Crippen molar-refractivity contribution in [2.45, 2.75) is 57.8 Å². The number of rotatable bonds is 8. The summed E-state index contributed by atoms with van der Waals surface area (Å²) in [6, 6.07) is 6.32. The first-order valence-corrected chi connectivity index (χ1v) is 8.52. The van der Waals surface area contributed by atoms with Crippen molar-refractivity contribution in [3.63, 3.8) is 0 Å². The van der Waals surface area contributed by atoms with Crippen LogP contribution in [0.25, 0.3) is 0 Å². The minimum Gasteiger partial charge on any atom is -0.364 e. The van der Waals surface area contributed by atoms with Gasteiger partial charge in [0.2, 0.25) is 0 Å². The van der Waals surface area contributed by atoms with E-state index < -0.39 is 0 Å². The largest absolute Gasteiger partial charge is 0.364 e. The third-order valence-corrected chi connectivity index (χ3v) is 4.28. The lowest BCUT2D eigenvalue weighted by atomic mass is 10.1. The molecular weight excluding hydrogens is 295 g/mol. The van der Waals surface area contributed by atoms with Gasteiger partial charge in [-0.3, -0.25) is 4.79 Å². The fourth-order valence-corrected chi connectivity index (χ4v) is 2.89. The lowest BCUT2D eigenvalue weighted by Gasteiger charge is -2.26. The van der Waals surface area contributed by atoms with Crippen molar-refractivity contribution >= 4 is 5.91 Å². The Bertz CT molecular complexity index is 492. The molecule has 1 heterocycles. The molecule has 128 valence electrons. The molecule has 0 spiro atoms. The third-order valence-electron chi connectivity index (χ3n) is 4.28. The minimum absolute atomic E-state index is 0.00716. The molecule has 23 heavy (non-hydrogen) atoms. The number of nitrogens with zero attached hydrogens (tertiary/aromatic N) is 1. The average Bonchev–Trinajstić information content (AvgIpc) is 3.04. The van der Waals surface area contributed by atoms with Crippen molar-refractivity contribution in [3.8, 4) is 0 Å². The Kier molecular flexibility index (Phi) is 6.99. The van der Waals surface area contributed by atoms with Crippen molar-refractivity contribution in [3.05, 3.63) is 35.6 Å². The van der Waals surface area contributed by atoms with E-state index in [0.717, 1.165) is 37.7 Å². The number of benzene rings is 1. The molecule has 1 aromatic carbocycles. The predicted molar refractivity (Wildman–Crippen MR) is 88.3 cm³/mol. The summed E-state index contributed by atoms with van der Waals surface area (Å²) < 4.78 is 18.8. The van der Waals surface area contributed by atoms with Crippen LogP contribution in [0, 0.1) is 5.82 Å². The molecule has 2 N–H and O–H groups in total. The molecule has 0 aromatic heterocycles. The van der Waals surface area contributed by atoms with Gasteiger partial charge >= 0.3 is 0 Å². The van der Waals surface area contributed by atoms with Crippen molar-refractivity contribution in [2.75, 3.05) is 13.1 Å². The summed E-state index contributed by atoms with van der Waals surface area (Å²) >= 11 is 0. The Morgan fingerprint density at radius 1 is 1.30 bits per heavy atom. The van der Waals surface area contributed by atoms with Crippen LogP contribution in [0.4, 0.5) is 4.39 Å². The molecule has 1 aromatic rings. The molecule has 2 rings (SSSR count). The summed E-state index contributed by atoms with van der Waals surface area (Å²) in [6.45, 7) is 3.79. The maximum atomic E-state index is 13.0. The molecule has 1 aliphatic heterocycles. The molecular formula is C18H27FN2O2. The number of carbonyl (C=O) groups is 1. The minimum atomic E-state index is -0.384. The second kappa shape index (κ2) is 8.99. The fraction of sp³-hybridized carbons (Fsp3) is 0.611. The smallest absolute Gasteiger partial charge is 0.252 e. The Morgan fingerprint density at radius 3 is 2.65 bits per heavy atom. The molecule has 1 saturated heterocycles. The molecule has 0 saturated carbocycles. The Balaban J connectivity index is 2.00. The van der Waals surface area contributed by atoms with Crippen LogP contribution in [0.1, 0.15) is 44.6 Å². The van der Waals surface area contributed by atoms with Crippen LogP contribution in [-0.4, -0.2) is 36.1 Å². The zero-order valence-electron chi connectivity index (χ0n) is 13.8. The van der Waals surface area contributed by atoms with Crippen LogP contribution < -0.4 is 5.73 Å². The van der Waals surface area contributed by atoms with Gasteiger partial charge in [-0.05, 0) is 37.0 Å². The number of unbranched alkanes of at least 4 members (excludes halogenated alkanes) is 2. The van der Waals surface area contributed by atoms with Gasteiger partial charge in [-0.2, -0.15) is 0 Å². The number of ether oxygens (including phenoxy) is 1. The number of hydrogen-bond acceptors (Lipinski definition) is 3. The quantitative estimate of drug-likeness (QED) is 0.749. The molecule has 4 nitrogen and oxygen atoms in total. The van der Waals surface area contributed by atoms with Crippen LogP contribution in [0.15, 0.2) is 24.3 Å². The van der Waals surface area contributed by atoms with Gasteiger partial charge in [0.25, 0.3) is 5.91 Å². The third kappa shape index (κ3) is 5.29. The molecule has 5 heteroatoms. The normalized spacial score (nSPS) is 20.7. The van der Waals surface area contributed by atoms with Crippen LogP contribution in [-0.2, 0) is 16.1 Å². The van der Waals surface area contributed by atoms with Crippen LogP contribution in [0.3, 0.4) is 0 Å². The van der Waals surface area contributed by atoms with E-state index in [9.17, 15) is 9.18 Å². The number of amides is 1. The van der Waals surface area contributed by atoms with Crippen molar-refractivity contribution in [2.24, 2.45) is 5.73 Å². The monoisotopic (exact) mass is 322 g/mol. The fourth-order valence-electron chi connectivity index (χ4n) is 2.89. The Labute approximate surface area is 137 Å². The maximum absolute atomic E-state index is 13.0.